The quantitative estimate of drug-likeness (QED) is 0.441. The van der Waals surface area contributed by atoms with E-state index in [2.05, 4.69) is 11.8 Å². The highest BCUT2D eigenvalue weighted by Crippen LogP contribution is 2.27. The van der Waals surface area contributed by atoms with Crippen LogP contribution in [0.25, 0.3) is 0 Å². The Balaban J connectivity index is 2.06. The van der Waals surface area contributed by atoms with Crippen LogP contribution in [0, 0.1) is 0 Å². The summed E-state index contributed by atoms with van der Waals surface area (Å²) < 4.78 is 5.49. The number of fused-ring (bicyclic) bond motifs is 2. The molecule has 0 aromatic carbocycles. The molecule has 3 aliphatic rings. The van der Waals surface area contributed by atoms with Gasteiger partial charge in [0.15, 0.2) is 0 Å². The second kappa shape index (κ2) is 1.25. The first-order valence-electron chi connectivity index (χ1n) is 3.15. The predicted octanol–water partition coefficient (Wildman–Crippen LogP) is 0.0909. The van der Waals surface area contributed by atoms with Gasteiger partial charge >= 0.3 is 0 Å². The van der Waals surface area contributed by atoms with E-state index in [1.165, 1.54) is 0 Å². The largest absolute Gasteiger partial charge is 0.371 e. The second-order valence-corrected chi connectivity index (χ2v) is 3.01. The fourth-order valence-electron chi connectivity index (χ4n) is 1.57. The Morgan fingerprint density at radius 2 is 2.25 bits per heavy atom. The Bertz CT molecular complexity index is 102. The maximum atomic E-state index is 5.49. The normalized spacial score (nSPS) is 52.9. The number of nitrogens with zero attached hydrogens (tertiary/aromatic N) is 1. The molecule has 0 saturated carbocycles. The van der Waals surface area contributed by atoms with Gasteiger partial charge in [-0.25, -0.2) is 0 Å². The van der Waals surface area contributed by atoms with Crippen molar-refractivity contribution in [1.29, 1.82) is 0 Å². The van der Waals surface area contributed by atoms with E-state index >= 15 is 0 Å². The molecular weight excluding hydrogens is 102 g/mol. The average Bonchev–Trinajstić information content (AvgIpc) is 1.63. The van der Waals surface area contributed by atoms with E-state index in [9.17, 15) is 0 Å². The van der Waals surface area contributed by atoms with Gasteiger partial charge in [0, 0.05) is 19.6 Å². The molecule has 0 N–H and O–H groups in total. The summed E-state index contributed by atoms with van der Waals surface area (Å²) in [6.07, 6.45) is 0. The Labute approximate surface area is 49.4 Å². The molecule has 0 amide bonds. The van der Waals surface area contributed by atoms with Crippen molar-refractivity contribution in [2.45, 2.75) is 12.5 Å². The van der Waals surface area contributed by atoms with Crippen LogP contribution in [0.2, 0.25) is 0 Å². The van der Waals surface area contributed by atoms with Crippen LogP contribution in [0.4, 0.5) is 0 Å². The topological polar surface area (TPSA) is 12.5 Å². The molecule has 2 heteroatoms. The predicted molar refractivity (Wildman–Crippen MR) is 30.8 cm³/mol. The highest BCUT2D eigenvalue weighted by molar-refractivity contribution is 4.96. The number of hydrogen-bond acceptors (Lipinski definition) is 2. The maximum absolute atomic E-state index is 5.49. The summed E-state index contributed by atoms with van der Waals surface area (Å²) in [6, 6.07) is 0. The summed E-state index contributed by atoms with van der Waals surface area (Å²) >= 11 is 0. The van der Waals surface area contributed by atoms with Gasteiger partial charge in [-0.1, -0.05) is 0 Å². The molecule has 0 aromatic rings. The Kier molecular flexibility index (Phi) is 0.746. The first kappa shape index (κ1) is 4.77. The molecule has 0 unspecified atom stereocenters. The number of morpholine rings is 2. The van der Waals surface area contributed by atoms with Gasteiger partial charge < -0.3 is 4.74 Å². The first-order valence-corrected chi connectivity index (χ1v) is 3.15. The first-order chi connectivity index (χ1) is 3.79. The van der Waals surface area contributed by atoms with E-state index in [-0.39, 0.29) is 5.60 Å². The lowest BCUT2D eigenvalue weighted by molar-refractivity contribution is -0.183. The molecule has 2 bridgehead atoms. The summed E-state index contributed by atoms with van der Waals surface area (Å²) in [7, 11) is 0. The third kappa shape index (κ3) is 0.501. The molecule has 3 saturated heterocycles. The fraction of sp³-hybridized carbons (Fsp3) is 1.00. The van der Waals surface area contributed by atoms with Gasteiger partial charge in [-0.15, -0.1) is 0 Å². The van der Waals surface area contributed by atoms with Gasteiger partial charge in [-0.2, -0.15) is 0 Å². The van der Waals surface area contributed by atoms with Gasteiger partial charge in [0.2, 0.25) is 0 Å². The van der Waals surface area contributed by atoms with Crippen LogP contribution >= 0.6 is 0 Å². The van der Waals surface area contributed by atoms with E-state index in [0.29, 0.717) is 0 Å². The molecule has 3 fully saturated rings. The number of rotatable bonds is 0. The molecule has 3 rings (SSSR count). The van der Waals surface area contributed by atoms with Crippen molar-refractivity contribution in [3.05, 3.63) is 0 Å². The van der Waals surface area contributed by atoms with E-state index in [1.54, 1.807) is 0 Å². The van der Waals surface area contributed by atoms with Crippen molar-refractivity contribution < 1.29 is 4.74 Å². The zero-order valence-corrected chi connectivity index (χ0v) is 5.18. The molecule has 0 radical (unpaired) electrons. The minimum absolute atomic E-state index is 0.248. The minimum atomic E-state index is 0.248. The zero-order chi connectivity index (χ0) is 5.61. The Hall–Kier alpha value is -0.0800. The van der Waals surface area contributed by atoms with Crippen LogP contribution in [-0.2, 0) is 4.74 Å². The van der Waals surface area contributed by atoms with E-state index in [1.807, 2.05) is 0 Å². The van der Waals surface area contributed by atoms with Crippen molar-refractivity contribution in [3.63, 3.8) is 0 Å². The monoisotopic (exact) mass is 113 g/mol. The van der Waals surface area contributed by atoms with Gasteiger partial charge in [0.25, 0.3) is 0 Å². The molecule has 0 aliphatic carbocycles. The van der Waals surface area contributed by atoms with Gasteiger partial charge in [0.05, 0.1) is 12.2 Å². The summed E-state index contributed by atoms with van der Waals surface area (Å²) in [5.74, 6) is 0. The maximum Gasteiger partial charge on any atom is 0.0907 e. The lowest BCUT2D eigenvalue weighted by atomic mass is 9.95. The van der Waals surface area contributed by atoms with Crippen molar-refractivity contribution in [2.24, 2.45) is 0 Å². The molecule has 46 valence electrons. The molecule has 3 aliphatic heterocycles. The molecule has 3 heterocycles. The third-order valence-corrected chi connectivity index (χ3v) is 1.97. The summed E-state index contributed by atoms with van der Waals surface area (Å²) in [5, 5.41) is 0. The third-order valence-electron chi connectivity index (χ3n) is 1.97. The molecule has 0 spiro atoms. The number of ether oxygens (including phenoxy) is 1. The minimum Gasteiger partial charge on any atom is -0.371 e. The highest BCUT2D eigenvalue weighted by Gasteiger charge is 2.42. The molecule has 8 heavy (non-hydrogen) atoms. The fourth-order valence-corrected chi connectivity index (χ4v) is 1.57. The number of hydrogen-bond donors (Lipinski definition) is 0. The summed E-state index contributed by atoms with van der Waals surface area (Å²) in [5.41, 5.74) is 0.248. The van der Waals surface area contributed by atoms with E-state index in [0.717, 1.165) is 26.2 Å². The molecule has 0 atom stereocenters. The summed E-state index contributed by atoms with van der Waals surface area (Å²) in [6.45, 7) is 6.59. The smallest absolute Gasteiger partial charge is 0.0907 e. The Morgan fingerprint density at radius 3 is 2.50 bits per heavy atom. The van der Waals surface area contributed by atoms with Crippen molar-refractivity contribution in [3.8, 4) is 0 Å². The van der Waals surface area contributed by atoms with Crippen LogP contribution in [0.1, 0.15) is 6.92 Å². The SMILES string of the molecule is CC12CN(CCO1)C2. The van der Waals surface area contributed by atoms with Gasteiger partial charge in [-0.05, 0) is 6.92 Å². The lowest BCUT2D eigenvalue weighted by Crippen LogP contribution is -2.66. The van der Waals surface area contributed by atoms with Crippen molar-refractivity contribution in [1.82, 2.24) is 4.90 Å². The van der Waals surface area contributed by atoms with Crippen LogP contribution in [0.3, 0.4) is 0 Å². The standard InChI is InChI=1S/C6H11NO/c1-6-4-7(5-6)2-3-8-6/h2-5H2,1H3. The average molecular weight is 113 g/mol. The zero-order valence-electron chi connectivity index (χ0n) is 5.18. The van der Waals surface area contributed by atoms with Crippen molar-refractivity contribution in [2.75, 3.05) is 26.2 Å². The summed E-state index contributed by atoms with van der Waals surface area (Å²) in [4.78, 5) is 2.42. The van der Waals surface area contributed by atoms with Gasteiger partial charge in [-0.3, -0.25) is 4.90 Å². The second-order valence-electron chi connectivity index (χ2n) is 3.01. The van der Waals surface area contributed by atoms with Gasteiger partial charge in [0.1, 0.15) is 0 Å². The lowest BCUT2D eigenvalue weighted by Gasteiger charge is -2.52. The molecule has 2 nitrogen and oxygen atoms in total. The van der Waals surface area contributed by atoms with Crippen LogP contribution in [0.5, 0.6) is 0 Å². The highest BCUT2D eigenvalue weighted by atomic mass is 16.5. The van der Waals surface area contributed by atoms with Crippen LogP contribution < -0.4 is 0 Å². The molecule has 0 aromatic heterocycles. The van der Waals surface area contributed by atoms with Crippen LogP contribution in [-0.4, -0.2) is 36.7 Å². The van der Waals surface area contributed by atoms with Crippen LogP contribution in [0.15, 0.2) is 0 Å². The molecular formula is C6H11NO. The van der Waals surface area contributed by atoms with E-state index in [4.69, 9.17) is 4.74 Å². The van der Waals surface area contributed by atoms with Crippen molar-refractivity contribution >= 4 is 0 Å². The van der Waals surface area contributed by atoms with E-state index < -0.39 is 0 Å². The Morgan fingerprint density at radius 1 is 1.50 bits per heavy atom.